The van der Waals surface area contributed by atoms with Gasteiger partial charge in [0.05, 0.1) is 5.56 Å². The van der Waals surface area contributed by atoms with Gasteiger partial charge in [0.25, 0.3) is 5.91 Å². The summed E-state index contributed by atoms with van der Waals surface area (Å²) in [6.07, 6.45) is 6.13. The Morgan fingerprint density at radius 2 is 1.94 bits per heavy atom. The Morgan fingerprint density at radius 3 is 2.68 bits per heavy atom. The minimum absolute atomic E-state index is 0.0813. The molecule has 1 saturated heterocycles. The minimum Gasteiger partial charge on any atom is -0.351 e. The fourth-order valence-corrected chi connectivity index (χ4v) is 3.94. The van der Waals surface area contributed by atoms with Crippen molar-refractivity contribution in [1.29, 1.82) is 0 Å². The number of aryl methyl sites for hydroxylation is 1. The highest BCUT2D eigenvalue weighted by molar-refractivity contribution is 6.04. The summed E-state index contributed by atoms with van der Waals surface area (Å²) >= 11 is 0. The molecule has 6 nitrogen and oxygen atoms in total. The summed E-state index contributed by atoms with van der Waals surface area (Å²) in [5.41, 5.74) is 3.25. The van der Waals surface area contributed by atoms with Crippen LogP contribution in [0.3, 0.4) is 0 Å². The second-order valence-electron chi connectivity index (χ2n) is 9.55. The number of likely N-dealkylation sites (tertiary alicyclic amines) is 1. The molecule has 166 valence electrons. The predicted octanol–water partition coefficient (Wildman–Crippen LogP) is 4.16. The van der Waals surface area contributed by atoms with Crippen LogP contribution < -0.4 is 10.6 Å². The van der Waals surface area contributed by atoms with E-state index in [0.29, 0.717) is 5.56 Å². The maximum absolute atomic E-state index is 12.5. The number of nitrogens with zero attached hydrogens (tertiary/aromatic N) is 2. The summed E-state index contributed by atoms with van der Waals surface area (Å²) < 4.78 is 0. The quantitative estimate of drug-likeness (QED) is 0.759. The van der Waals surface area contributed by atoms with Crippen LogP contribution in [0.25, 0.3) is 0 Å². The fourth-order valence-electron chi connectivity index (χ4n) is 3.94. The minimum atomic E-state index is -0.192. The van der Waals surface area contributed by atoms with E-state index in [1.807, 2.05) is 52.0 Å². The van der Waals surface area contributed by atoms with Crippen LogP contribution >= 0.6 is 0 Å². The average molecular weight is 423 g/mol. The average Bonchev–Trinajstić information content (AvgIpc) is 2.93. The fraction of sp³-hybridized carbons (Fsp3) is 0.480. The van der Waals surface area contributed by atoms with Gasteiger partial charge in [0.1, 0.15) is 0 Å². The molecular formula is C25H34N4O2. The van der Waals surface area contributed by atoms with Crippen LogP contribution in [0.1, 0.15) is 61.5 Å². The number of hydrogen-bond acceptors (Lipinski definition) is 4. The summed E-state index contributed by atoms with van der Waals surface area (Å²) in [5.74, 6) is 0.0957. The molecule has 0 saturated carbocycles. The predicted molar refractivity (Wildman–Crippen MR) is 124 cm³/mol. The second kappa shape index (κ2) is 10.1. The Bertz CT molecular complexity index is 920. The molecule has 1 aliphatic rings. The van der Waals surface area contributed by atoms with Crippen molar-refractivity contribution < 1.29 is 9.59 Å². The molecule has 1 atom stereocenters. The molecule has 2 amide bonds. The van der Waals surface area contributed by atoms with Crippen molar-refractivity contribution in [1.82, 2.24) is 15.2 Å². The van der Waals surface area contributed by atoms with Crippen LogP contribution in [-0.4, -0.2) is 40.3 Å². The Morgan fingerprint density at radius 1 is 1.13 bits per heavy atom. The first-order chi connectivity index (χ1) is 14.7. The molecule has 1 unspecified atom stereocenters. The molecule has 1 aromatic heterocycles. The van der Waals surface area contributed by atoms with E-state index in [2.05, 4.69) is 26.6 Å². The highest BCUT2D eigenvalue weighted by Gasteiger charge is 2.25. The molecule has 31 heavy (non-hydrogen) atoms. The highest BCUT2D eigenvalue weighted by atomic mass is 16.2. The third kappa shape index (κ3) is 7.17. The largest absolute Gasteiger partial charge is 0.351 e. The van der Waals surface area contributed by atoms with E-state index in [1.165, 1.54) is 0 Å². The molecule has 2 heterocycles. The first kappa shape index (κ1) is 22.9. The summed E-state index contributed by atoms with van der Waals surface area (Å²) in [4.78, 5) is 31.5. The summed E-state index contributed by atoms with van der Waals surface area (Å²) in [6, 6.07) is 9.81. The summed E-state index contributed by atoms with van der Waals surface area (Å²) in [6.45, 7) is 10.7. The second-order valence-corrected chi connectivity index (χ2v) is 9.55. The van der Waals surface area contributed by atoms with Crippen LogP contribution in [-0.2, 0) is 11.3 Å². The van der Waals surface area contributed by atoms with E-state index < -0.39 is 0 Å². The highest BCUT2D eigenvalue weighted by Crippen LogP contribution is 2.21. The van der Waals surface area contributed by atoms with Crippen molar-refractivity contribution in [3.8, 4) is 0 Å². The molecule has 3 rings (SSSR count). The number of aromatic nitrogens is 1. The third-order valence-corrected chi connectivity index (χ3v) is 5.42. The number of carbonyl (C=O) groups is 2. The molecule has 6 heteroatoms. The van der Waals surface area contributed by atoms with Gasteiger partial charge in [0.15, 0.2) is 0 Å². The summed E-state index contributed by atoms with van der Waals surface area (Å²) in [7, 11) is 0. The van der Waals surface area contributed by atoms with E-state index >= 15 is 0 Å². The maximum Gasteiger partial charge on any atom is 0.257 e. The topological polar surface area (TPSA) is 74.3 Å². The first-order valence-electron chi connectivity index (χ1n) is 11.1. The van der Waals surface area contributed by atoms with Crippen molar-refractivity contribution in [3.05, 3.63) is 59.4 Å². The van der Waals surface area contributed by atoms with Gasteiger partial charge in [-0.3, -0.25) is 19.5 Å². The SMILES string of the molecule is Cc1cncc(C(=O)Nc2cccc(CN3CCCC(C(=O)NC(C)(C)C)CC3)c2)c1. The van der Waals surface area contributed by atoms with Gasteiger partial charge in [-0.1, -0.05) is 12.1 Å². The molecule has 2 aromatic rings. The third-order valence-electron chi connectivity index (χ3n) is 5.42. The van der Waals surface area contributed by atoms with Crippen LogP contribution in [0, 0.1) is 12.8 Å². The van der Waals surface area contributed by atoms with E-state index in [9.17, 15) is 9.59 Å². The Hall–Kier alpha value is -2.73. The first-order valence-corrected chi connectivity index (χ1v) is 11.1. The van der Waals surface area contributed by atoms with Crippen molar-refractivity contribution in [2.24, 2.45) is 5.92 Å². The van der Waals surface area contributed by atoms with E-state index in [0.717, 1.165) is 55.7 Å². The van der Waals surface area contributed by atoms with Crippen molar-refractivity contribution in [2.75, 3.05) is 18.4 Å². The smallest absolute Gasteiger partial charge is 0.257 e. The van der Waals surface area contributed by atoms with Gasteiger partial charge in [0, 0.05) is 36.1 Å². The zero-order valence-electron chi connectivity index (χ0n) is 19.1. The number of benzene rings is 1. The number of anilines is 1. The van der Waals surface area contributed by atoms with Gasteiger partial charge in [-0.15, -0.1) is 0 Å². The Balaban J connectivity index is 1.57. The molecule has 0 bridgehead atoms. The van der Waals surface area contributed by atoms with Crippen LogP contribution in [0.15, 0.2) is 42.7 Å². The number of amides is 2. The lowest BCUT2D eigenvalue weighted by atomic mass is 9.98. The molecule has 1 aromatic carbocycles. The number of rotatable bonds is 5. The molecule has 0 spiro atoms. The van der Waals surface area contributed by atoms with Gasteiger partial charge in [-0.2, -0.15) is 0 Å². The Labute approximate surface area is 185 Å². The molecular weight excluding hydrogens is 388 g/mol. The molecule has 1 fully saturated rings. The lowest BCUT2D eigenvalue weighted by Crippen LogP contribution is -2.44. The van der Waals surface area contributed by atoms with Crippen LogP contribution in [0.2, 0.25) is 0 Å². The van der Waals surface area contributed by atoms with Crippen LogP contribution in [0.4, 0.5) is 5.69 Å². The molecule has 0 aliphatic carbocycles. The zero-order chi connectivity index (χ0) is 22.4. The monoisotopic (exact) mass is 422 g/mol. The van der Waals surface area contributed by atoms with Crippen molar-refractivity contribution in [2.45, 2.75) is 59.0 Å². The number of pyridine rings is 1. The summed E-state index contributed by atoms with van der Waals surface area (Å²) in [5, 5.41) is 6.09. The van der Waals surface area contributed by atoms with Crippen LogP contribution in [0.5, 0.6) is 0 Å². The normalized spacial score (nSPS) is 17.6. The number of nitrogens with one attached hydrogen (secondary N) is 2. The molecule has 2 N–H and O–H groups in total. The van der Waals surface area contributed by atoms with Gasteiger partial charge < -0.3 is 10.6 Å². The van der Waals surface area contributed by atoms with Gasteiger partial charge in [0.2, 0.25) is 5.91 Å². The number of carbonyl (C=O) groups excluding carboxylic acids is 2. The van der Waals surface area contributed by atoms with Crippen molar-refractivity contribution in [3.63, 3.8) is 0 Å². The Kier molecular flexibility index (Phi) is 7.44. The lowest BCUT2D eigenvalue weighted by Gasteiger charge is -2.24. The van der Waals surface area contributed by atoms with E-state index in [4.69, 9.17) is 0 Å². The van der Waals surface area contributed by atoms with Gasteiger partial charge in [-0.05, 0) is 89.4 Å². The van der Waals surface area contributed by atoms with Gasteiger partial charge >= 0.3 is 0 Å². The van der Waals surface area contributed by atoms with E-state index in [-0.39, 0.29) is 23.3 Å². The van der Waals surface area contributed by atoms with Gasteiger partial charge in [-0.25, -0.2) is 0 Å². The van der Waals surface area contributed by atoms with Crippen molar-refractivity contribution >= 4 is 17.5 Å². The number of hydrogen-bond donors (Lipinski definition) is 2. The molecule has 1 aliphatic heterocycles. The zero-order valence-corrected chi connectivity index (χ0v) is 19.1. The van der Waals surface area contributed by atoms with E-state index in [1.54, 1.807) is 12.4 Å². The molecule has 0 radical (unpaired) electrons. The standard InChI is InChI=1S/C25H34N4O2/c1-18-13-21(16-26-15-18)23(30)27-22-9-5-7-19(14-22)17-29-11-6-8-20(10-12-29)24(31)28-25(2,3)4/h5,7,9,13-16,20H,6,8,10-12,17H2,1-4H3,(H,27,30)(H,28,31). The lowest BCUT2D eigenvalue weighted by molar-refractivity contribution is -0.126. The maximum atomic E-state index is 12.5.